The molecule has 0 bridgehead atoms. The highest BCUT2D eigenvalue weighted by molar-refractivity contribution is 6.62. The van der Waals surface area contributed by atoms with Crippen LogP contribution in [0.25, 0.3) is 0 Å². The summed E-state index contributed by atoms with van der Waals surface area (Å²) in [6.07, 6.45) is 2.60. The van der Waals surface area contributed by atoms with Crippen molar-refractivity contribution in [3.63, 3.8) is 0 Å². The van der Waals surface area contributed by atoms with Crippen LogP contribution in [0, 0.1) is 0 Å². The molecule has 0 radical (unpaired) electrons. The quantitative estimate of drug-likeness (QED) is 0.782. The molecule has 2 fully saturated rings. The van der Waals surface area contributed by atoms with Crippen LogP contribution in [-0.2, 0) is 14.0 Å². The molecule has 4 nitrogen and oxygen atoms in total. The van der Waals surface area contributed by atoms with Crippen molar-refractivity contribution in [2.75, 3.05) is 25.1 Å². The van der Waals surface area contributed by atoms with Crippen molar-refractivity contribution in [3.8, 4) is 0 Å². The van der Waals surface area contributed by atoms with Gasteiger partial charge in [0.15, 0.2) is 0 Å². The van der Waals surface area contributed by atoms with E-state index in [1.165, 1.54) is 5.69 Å². The number of piperidine rings is 1. The lowest BCUT2D eigenvalue weighted by molar-refractivity contribution is 0.00578. The van der Waals surface area contributed by atoms with E-state index >= 15 is 0 Å². The molecule has 2 aliphatic rings. The number of ether oxygens (including phenoxy) is 1. The van der Waals surface area contributed by atoms with Crippen LogP contribution in [0.5, 0.6) is 0 Å². The molecule has 0 spiro atoms. The predicted octanol–water partition coefficient (Wildman–Crippen LogP) is 3.63. The second-order valence-corrected chi connectivity index (χ2v) is 7.60. The lowest BCUT2D eigenvalue weighted by Gasteiger charge is -2.33. The summed E-state index contributed by atoms with van der Waals surface area (Å²) in [6, 6.07) is 8.60. The van der Waals surface area contributed by atoms with E-state index in [1.54, 1.807) is 7.11 Å². The van der Waals surface area contributed by atoms with Crippen LogP contribution in [-0.4, -0.2) is 44.6 Å². The predicted molar refractivity (Wildman–Crippen MR) is 106 cm³/mol. The number of rotatable bonds is 3. The third-order valence-corrected chi connectivity index (χ3v) is 5.56. The van der Waals surface area contributed by atoms with Gasteiger partial charge < -0.3 is 18.9 Å². The van der Waals surface area contributed by atoms with Gasteiger partial charge in [-0.2, -0.15) is 0 Å². The molecular weight excluding hydrogens is 313 g/mol. The molecule has 140 valence electrons. The Kier molecular flexibility index (Phi) is 6.58. The van der Waals surface area contributed by atoms with E-state index in [2.05, 4.69) is 56.9 Å². The van der Waals surface area contributed by atoms with Crippen LogP contribution >= 0.6 is 0 Å². The van der Waals surface area contributed by atoms with Gasteiger partial charge in [-0.1, -0.05) is 26.0 Å². The average Bonchev–Trinajstić information content (AvgIpc) is 2.85. The summed E-state index contributed by atoms with van der Waals surface area (Å²) in [5, 5.41) is 0. The van der Waals surface area contributed by atoms with E-state index in [9.17, 15) is 0 Å². The fourth-order valence-electron chi connectivity index (χ4n) is 3.17. The maximum absolute atomic E-state index is 6.11. The van der Waals surface area contributed by atoms with E-state index in [0.717, 1.165) is 31.4 Å². The van der Waals surface area contributed by atoms with Gasteiger partial charge in [-0.15, -0.1) is 0 Å². The Hall–Kier alpha value is -1.04. The zero-order valence-electron chi connectivity index (χ0n) is 17.0. The van der Waals surface area contributed by atoms with Crippen LogP contribution in [0.1, 0.15) is 54.4 Å². The molecule has 5 heteroatoms. The maximum atomic E-state index is 6.11. The highest BCUT2D eigenvalue weighted by Gasteiger charge is 2.51. The SMILES string of the molecule is CC.COC1CCN(c2ccc(B3OC(C)(C)C(C)(C)O3)cc2)CC1. The number of benzene rings is 1. The summed E-state index contributed by atoms with van der Waals surface area (Å²) in [5.74, 6) is 0. The topological polar surface area (TPSA) is 30.9 Å². The molecule has 0 unspecified atom stereocenters. The van der Waals surface area contributed by atoms with Gasteiger partial charge in [-0.25, -0.2) is 0 Å². The van der Waals surface area contributed by atoms with E-state index < -0.39 is 0 Å². The van der Waals surface area contributed by atoms with Crippen LogP contribution < -0.4 is 10.4 Å². The van der Waals surface area contributed by atoms with Crippen molar-refractivity contribution >= 4 is 18.3 Å². The van der Waals surface area contributed by atoms with Crippen LogP contribution in [0.4, 0.5) is 5.69 Å². The minimum atomic E-state index is -0.293. The molecule has 1 aromatic rings. The average molecular weight is 347 g/mol. The molecule has 0 atom stereocenters. The van der Waals surface area contributed by atoms with E-state index in [4.69, 9.17) is 14.0 Å². The molecule has 0 aliphatic carbocycles. The zero-order valence-corrected chi connectivity index (χ0v) is 17.0. The summed E-state index contributed by atoms with van der Waals surface area (Å²) >= 11 is 0. The molecule has 2 saturated heterocycles. The normalized spacial score (nSPS) is 22.5. The smallest absolute Gasteiger partial charge is 0.399 e. The first kappa shape index (κ1) is 20.3. The zero-order chi connectivity index (χ0) is 18.7. The van der Waals surface area contributed by atoms with Gasteiger partial charge in [0.1, 0.15) is 0 Å². The van der Waals surface area contributed by atoms with Crippen molar-refractivity contribution in [2.45, 2.75) is 71.7 Å². The first-order chi connectivity index (χ1) is 11.8. The van der Waals surface area contributed by atoms with Crippen LogP contribution in [0.2, 0.25) is 0 Å². The fraction of sp³-hybridized carbons (Fsp3) is 0.700. The maximum Gasteiger partial charge on any atom is 0.494 e. The Bertz CT molecular complexity index is 520. The number of hydrogen-bond acceptors (Lipinski definition) is 4. The second-order valence-electron chi connectivity index (χ2n) is 7.60. The summed E-state index contributed by atoms with van der Waals surface area (Å²) in [7, 11) is 1.52. The molecule has 0 aromatic heterocycles. The Morgan fingerprint density at radius 3 is 1.88 bits per heavy atom. The molecule has 2 aliphatic heterocycles. The largest absolute Gasteiger partial charge is 0.494 e. The number of anilines is 1. The monoisotopic (exact) mass is 347 g/mol. The molecule has 0 N–H and O–H groups in total. The Morgan fingerprint density at radius 1 is 0.960 bits per heavy atom. The minimum absolute atomic E-state index is 0.284. The van der Waals surface area contributed by atoms with Gasteiger partial charge in [0.2, 0.25) is 0 Å². The van der Waals surface area contributed by atoms with Crippen molar-refractivity contribution in [3.05, 3.63) is 24.3 Å². The van der Waals surface area contributed by atoms with Crippen LogP contribution in [0.15, 0.2) is 24.3 Å². The number of nitrogens with zero attached hydrogens (tertiary/aromatic N) is 1. The van der Waals surface area contributed by atoms with Crippen molar-refractivity contribution < 1.29 is 14.0 Å². The van der Waals surface area contributed by atoms with E-state index in [0.29, 0.717) is 6.10 Å². The Morgan fingerprint density at radius 2 is 1.44 bits per heavy atom. The molecule has 0 amide bonds. The summed E-state index contributed by atoms with van der Waals surface area (Å²) in [4.78, 5) is 2.42. The third-order valence-electron chi connectivity index (χ3n) is 5.56. The number of hydrogen-bond donors (Lipinski definition) is 0. The van der Waals surface area contributed by atoms with Crippen LogP contribution in [0.3, 0.4) is 0 Å². The summed E-state index contributed by atoms with van der Waals surface area (Å²) in [5.41, 5.74) is 1.76. The summed E-state index contributed by atoms with van der Waals surface area (Å²) in [6.45, 7) is 14.4. The molecule has 0 saturated carbocycles. The highest BCUT2D eigenvalue weighted by Crippen LogP contribution is 2.36. The van der Waals surface area contributed by atoms with Crippen molar-refractivity contribution in [1.29, 1.82) is 0 Å². The van der Waals surface area contributed by atoms with Gasteiger partial charge in [0, 0.05) is 25.9 Å². The standard InChI is InChI=1S/C18H28BNO3.C2H6/c1-17(2)18(3,4)23-19(22-17)14-6-8-15(9-7-14)20-12-10-16(21-5)11-13-20;1-2/h6-9,16H,10-13H2,1-5H3;1-2H3. The Labute approximate surface area is 154 Å². The lowest BCUT2D eigenvalue weighted by Crippen LogP contribution is -2.41. The van der Waals surface area contributed by atoms with Gasteiger partial charge in [0.25, 0.3) is 0 Å². The first-order valence-electron chi connectivity index (χ1n) is 9.56. The minimum Gasteiger partial charge on any atom is -0.399 e. The second kappa shape index (κ2) is 8.11. The molecular formula is C20H34BNO3. The summed E-state index contributed by atoms with van der Waals surface area (Å²) < 4.78 is 17.7. The first-order valence-corrected chi connectivity index (χ1v) is 9.56. The molecule has 1 aromatic carbocycles. The van der Waals surface area contributed by atoms with Gasteiger partial charge >= 0.3 is 7.12 Å². The van der Waals surface area contributed by atoms with Gasteiger partial charge in [-0.05, 0) is 58.1 Å². The fourth-order valence-corrected chi connectivity index (χ4v) is 3.17. The van der Waals surface area contributed by atoms with E-state index in [-0.39, 0.29) is 18.3 Å². The van der Waals surface area contributed by atoms with E-state index in [1.807, 2.05) is 13.8 Å². The molecule has 3 rings (SSSR count). The molecule has 25 heavy (non-hydrogen) atoms. The highest BCUT2D eigenvalue weighted by atomic mass is 16.7. The van der Waals surface area contributed by atoms with Gasteiger partial charge in [-0.3, -0.25) is 0 Å². The van der Waals surface area contributed by atoms with Crippen molar-refractivity contribution in [2.24, 2.45) is 0 Å². The third kappa shape index (κ3) is 4.39. The lowest BCUT2D eigenvalue weighted by atomic mass is 9.79. The van der Waals surface area contributed by atoms with Crippen molar-refractivity contribution in [1.82, 2.24) is 0 Å². The number of methoxy groups -OCH3 is 1. The molecule has 2 heterocycles. The Balaban J connectivity index is 0.00000109. The van der Waals surface area contributed by atoms with Gasteiger partial charge in [0.05, 0.1) is 17.3 Å².